The van der Waals surface area contributed by atoms with Gasteiger partial charge in [-0.25, -0.2) is 17.5 Å². The van der Waals surface area contributed by atoms with Crippen LogP contribution in [0.25, 0.3) is 11.3 Å². The first kappa shape index (κ1) is 18.9. The number of benzene rings is 2. The van der Waals surface area contributed by atoms with E-state index in [0.717, 1.165) is 11.1 Å². The number of anilines is 1. The summed E-state index contributed by atoms with van der Waals surface area (Å²) in [6.45, 7) is 1.90. The molecule has 3 rings (SSSR count). The summed E-state index contributed by atoms with van der Waals surface area (Å²) in [4.78, 5) is 0.203. The van der Waals surface area contributed by atoms with E-state index in [9.17, 15) is 12.8 Å². The maximum Gasteiger partial charge on any atom is 0.240 e. The number of nitrogens with one attached hydrogen (secondary N) is 2. The molecule has 0 spiro atoms. The molecule has 1 aromatic heterocycles. The van der Waals surface area contributed by atoms with Crippen LogP contribution >= 0.6 is 0 Å². The Bertz CT molecular complexity index is 1020. The van der Waals surface area contributed by atoms with E-state index in [2.05, 4.69) is 20.2 Å². The number of nitrogens with zero attached hydrogens (tertiary/aromatic N) is 2. The summed E-state index contributed by atoms with van der Waals surface area (Å²) in [5.41, 5.74) is 2.21. The van der Waals surface area contributed by atoms with Gasteiger partial charge in [0, 0.05) is 5.56 Å². The number of hydrogen-bond donors (Lipinski definition) is 2. The zero-order valence-corrected chi connectivity index (χ0v) is 15.7. The van der Waals surface area contributed by atoms with Gasteiger partial charge >= 0.3 is 0 Å². The molecule has 140 valence electrons. The fraction of sp³-hybridized carbons (Fsp3) is 0.158. The average Bonchev–Trinajstić information content (AvgIpc) is 2.69. The molecule has 0 amide bonds. The Morgan fingerprint density at radius 3 is 2.37 bits per heavy atom. The molecule has 2 aromatic carbocycles. The van der Waals surface area contributed by atoms with Crippen LogP contribution in [-0.4, -0.2) is 25.7 Å². The molecule has 0 aliphatic heterocycles. The Morgan fingerprint density at radius 2 is 1.74 bits per heavy atom. The van der Waals surface area contributed by atoms with E-state index in [1.807, 2.05) is 13.0 Å². The van der Waals surface area contributed by atoms with Gasteiger partial charge in [0.2, 0.25) is 10.0 Å². The van der Waals surface area contributed by atoms with Gasteiger partial charge in [-0.2, -0.15) is 0 Å². The van der Waals surface area contributed by atoms with E-state index in [-0.39, 0.29) is 16.8 Å². The lowest BCUT2D eigenvalue weighted by atomic mass is 10.1. The van der Waals surface area contributed by atoms with E-state index >= 15 is 0 Å². The van der Waals surface area contributed by atoms with Gasteiger partial charge in [0.15, 0.2) is 0 Å². The molecule has 0 saturated carbocycles. The zero-order chi connectivity index (χ0) is 19.4. The third-order valence-electron chi connectivity index (χ3n) is 4.11. The topological polar surface area (TPSA) is 84.0 Å². The van der Waals surface area contributed by atoms with Crippen LogP contribution < -0.4 is 10.0 Å². The molecule has 0 radical (unpaired) electrons. The van der Waals surface area contributed by atoms with Crippen LogP contribution in [0.3, 0.4) is 0 Å². The summed E-state index contributed by atoms with van der Waals surface area (Å²) >= 11 is 0. The number of halogens is 1. The van der Waals surface area contributed by atoms with Crippen molar-refractivity contribution in [1.29, 1.82) is 0 Å². The summed E-state index contributed by atoms with van der Waals surface area (Å²) in [6.07, 6.45) is 0. The number of rotatable bonds is 6. The number of aromatic nitrogens is 2. The highest BCUT2D eigenvalue weighted by Gasteiger charge is 2.14. The highest BCUT2D eigenvalue weighted by atomic mass is 32.2. The summed E-state index contributed by atoms with van der Waals surface area (Å²) in [6, 6.07) is 16.1. The number of hydrogen-bond acceptors (Lipinski definition) is 5. The van der Waals surface area contributed by atoms with E-state index in [1.54, 1.807) is 42.5 Å². The van der Waals surface area contributed by atoms with Crippen molar-refractivity contribution >= 4 is 15.8 Å². The fourth-order valence-corrected chi connectivity index (χ4v) is 3.34. The van der Waals surface area contributed by atoms with E-state index in [0.29, 0.717) is 11.5 Å². The Kier molecular flexibility index (Phi) is 5.48. The van der Waals surface area contributed by atoms with Crippen molar-refractivity contribution in [3.8, 4) is 11.3 Å². The molecule has 1 atom stereocenters. The monoisotopic (exact) mass is 386 g/mol. The second kappa shape index (κ2) is 7.81. The minimum Gasteiger partial charge on any atom is -0.362 e. The molecule has 8 heteroatoms. The van der Waals surface area contributed by atoms with Crippen molar-refractivity contribution < 1.29 is 12.8 Å². The lowest BCUT2D eigenvalue weighted by Crippen LogP contribution is -2.19. The second-order valence-electron chi connectivity index (χ2n) is 5.96. The molecule has 0 fully saturated rings. The number of sulfonamides is 1. The third-order valence-corrected chi connectivity index (χ3v) is 5.52. The molecule has 1 heterocycles. The molecular weight excluding hydrogens is 367 g/mol. The lowest BCUT2D eigenvalue weighted by molar-refractivity contribution is 0.588. The summed E-state index contributed by atoms with van der Waals surface area (Å²) < 4.78 is 39.2. The Balaban J connectivity index is 1.75. The largest absolute Gasteiger partial charge is 0.362 e. The average molecular weight is 386 g/mol. The molecule has 6 nitrogen and oxygen atoms in total. The van der Waals surface area contributed by atoms with Gasteiger partial charge in [-0.05, 0) is 68.1 Å². The molecule has 0 bridgehead atoms. The lowest BCUT2D eigenvalue weighted by Gasteiger charge is -2.15. The maximum atomic E-state index is 13.0. The normalized spacial score (nSPS) is 12.6. The Morgan fingerprint density at radius 1 is 1.00 bits per heavy atom. The van der Waals surface area contributed by atoms with Gasteiger partial charge in [0.1, 0.15) is 11.6 Å². The van der Waals surface area contributed by atoms with Gasteiger partial charge in [-0.1, -0.05) is 12.1 Å². The van der Waals surface area contributed by atoms with E-state index in [4.69, 9.17) is 0 Å². The van der Waals surface area contributed by atoms with Crippen molar-refractivity contribution in [2.45, 2.75) is 17.9 Å². The summed E-state index contributed by atoms with van der Waals surface area (Å²) in [7, 11) is -2.12. The smallest absolute Gasteiger partial charge is 0.240 e. The van der Waals surface area contributed by atoms with Crippen molar-refractivity contribution in [2.75, 3.05) is 12.4 Å². The highest BCUT2D eigenvalue weighted by molar-refractivity contribution is 7.89. The molecule has 2 N–H and O–H groups in total. The van der Waals surface area contributed by atoms with Gasteiger partial charge in [0.05, 0.1) is 16.6 Å². The first-order valence-electron chi connectivity index (χ1n) is 8.29. The van der Waals surface area contributed by atoms with Gasteiger partial charge in [-0.15, -0.1) is 10.2 Å². The quantitative estimate of drug-likeness (QED) is 0.679. The van der Waals surface area contributed by atoms with Crippen LogP contribution in [0.15, 0.2) is 65.6 Å². The first-order chi connectivity index (χ1) is 12.9. The second-order valence-corrected chi connectivity index (χ2v) is 7.84. The zero-order valence-electron chi connectivity index (χ0n) is 14.8. The minimum absolute atomic E-state index is 0.178. The van der Waals surface area contributed by atoms with Crippen molar-refractivity contribution in [3.63, 3.8) is 0 Å². The van der Waals surface area contributed by atoms with Crippen LogP contribution in [0.4, 0.5) is 10.2 Å². The molecule has 0 saturated heterocycles. The first-order valence-corrected chi connectivity index (χ1v) is 9.77. The summed E-state index contributed by atoms with van der Waals surface area (Å²) in [5.74, 6) is 0.247. The van der Waals surface area contributed by atoms with Crippen LogP contribution in [0, 0.1) is 5.82 Å². The molecular formula is C19H19FN4O2S. The molecule has 1 unspecified atom stereocenters. The van der Waals surface area contributed by atoms with Crippen LogP contribution in [-0.2, 0) is 10.0 Å². The predicted molar refractivity (Wildman–Crippen MR) is 102 cm³/mol. The van der Waals surface area contributed by atoms with E-state index < -0.39 is 10.0 Å². The van der Waals surface area contributed by atoms with Crippen molar-refractivity contribution in [1.82, 2.24) is 14.9 Å². The minimum atomic E-state index is -3.50. The maximum absolute atomic E-state index is 13.0. The van der Waals surface area contributed by atoms with Crippen LogP contribution in [0.1, 0.15) is 18.5 Å². The van der Waals surface area contributed by atoms with Gasteiger partial charge in [-0.3, -0.25) is 0 Å². The third kappa shape index (κ3) is 4.47. The van der Waals surface area contributed by atoms with Gasteiger partial charge < -0.3 is 5.32 Å². The van der Waals surface area contributed by atoms with Crippen LogP contribution in [0.2, 0.25) is 0 Å². The van der Waals surface area contributed by atoms with Crippen LogP contribution in [0.5, 0.6) is 0 Å². The predicted octanol–water partition coefficient (Wildman–Crippen LogP) is 3.36. The van der Waals surface area contributed by atoms with Gasteiger partial charge in [0.25, 0.3) is 0 Å². The highest BCUT2D eigenvalue weighted by Crippen LogP contribution is 2.22. The van der Waals surface area contributed by atoms with Crippen molar-refractivity contribution in [3.05, 3.63) is 72.0 Å². The van der Waals surface area contributed by atoms with E-state index in [1.165, 1.54) is 19.2 Å². The Labute approximate surface area is 157 Å². The van der Waals surface area contributed by atoms with Crippen molar-refractivity contribution in [2.24, 2.45) is 0 Å². The SMILES string of the molecule is CNS(=O)(=O)c1cccc(C(C)Nc2ccc(-c3ccc(F)cc3)nn2)c1. The fourth-order valence-electron chi connectivity index (χ4n) is 2.56. The standard InChI is InChI=1S/C19H19FN4O2S/c1-13(15-4-3-5-17(12-15)27(25,26)21-2)22-19-11-10-18(23-24-19)14-6-8-16(20)9-7-14/h3-13,21H,1-2H3,(H,22,24). The summed E-state index contributed by atoms with van der Waals surface area (Å²) in [5, 5.41) is 11.5. The molecule has 27 heavy (non-hydrogen) atoms. The Hall–Kier alpha value is -2.84. The molecule has 3 aromatic rings. The molecule has 0 aliphatic carbocycles. The molecule has 0 aliphatic rings.